The van der Waals surface area contributed by atoms with Gasteiger partial charge in [0.1, 0.15) is 18.5 Å². The molecule has 2 aromatic rings. The zero-order chi connectivity index (χ0) is 37.4. The third-order valence-corrected chi connectivity index (χ3v) is 10.4. The van der Waals surface area contributed by atoms with Crippen molar-refractivity contribution in [3.63, 3.8) is 0 Å². The van der Waals surface area contributed by atoms with E-state index < -0.39 is 54.6 Å². The van der Waals surface area contributed by atoms with Crippen molar-refractivity contribution in [2.45, 2.75) is 30.8 Å². The molecule has 0 aliphatic carbocycles. The second kappa shape index (κ2) is 21.3. The quantitative estimate of drug-likeness (QED) is 0.0370. The Morgan fingerprint density at radius 3 is 1.98 bits per heavy atom. The Balaban J connectivity index is 1.33. The molecule has 27 heteroatoms. The Kier molecular flexibility index (Phi) is 18.3. The summed E-state index contributed by atoms with van der Waals surface area (Å²) >= 11 is 0. The van der Waals surface area contributed by atoms with Crippen LogP contribution in [0.1, 0.15) is 12.8 Å². The number of nitrogens with two attached hydrogens (primary N) is 1. The van der Waals surface area contributed by atoms with E-state index in [4.69, 9.17) is 43.9 Å². The van der Waals surface area contributed by atoms with Gasteiger partial charge < -0.3 is 69.3 Å². The Morgan fingerprint density at radius 2 is 1.41 bits per heavy atom. The van der Waals surface area contributed by atoms with Gasteiger partial charge in [-0.05, 0) is 19.4 Å². The molecule has 3 rings (SSSR count). The Labute approximate surface area is 291 Å². The van der Waals surface area contributed by atoms with Crippen LogP contribution in [0.4, 0.5) is 5.82 Å². The molecule has 294 valence electrons. The maximum atomic E-state index is 12.0. The maximum absolute atomic E-state index is 12.0. The van der Waals surface area contributed by atoms with Gasteiger partial charge in [-0.15, -0.1) is 0 Å². The van der Waals surface area contributed by atoms with Crippen LogP contribution in [0.2, 0.25) is 0 Å². The van der Waals surface area contributed by atoms with Crippen molar-refractivity contribution in [2.24, 2.45) is 5.73 Å². The van der Waals surface area contributed by atoms with E-state index in [1.54, 1.807) is 0 Å². The number of phosphoric acid groups is 3. The fraction of sp³-hybridized carbons (Fsp3) is 0.792. The molecule has 0 bridgehead atoms. The summed E-state index contributed by atoms with van der Waals surface area (Å²) in [5.41, 5.74) is 3.52. The van der Waals surface area contributed by atoms with Crippen molar-refractivity contribution < 1.29 is 85.0 Å². The normalized spacial score (nSPS) is 21.9. The van der Waals surface area contributed by atoms with E-state index in [1.807, 2.05) is 0 Å². The van der Waals surface area contributed by atoms with Crippen LogP contribution in [-0.2, 0) is 61.0 Å². The number of aliphatic hydroxyl groups excluding tert-OH is 1. The number of phosphoric ester groups is 1. The average molecular weight is 799 g/mol. The minimum absolute atomic E-state index is 0.0970. The highest BCUT2D eigenvalue weighted by atomic mass is 31.3. The summed E-state index contributed by atoms with van der Waals surface area (Å²) in [5.74, 6) is 0.324. The number of aliphatic hydroxyl groups is 2. The summed E-state index contributed by atoms with van der Waals surface area (Å²) in [4.78, 5) is 48.7. The zero-order valence-corrected chi connectivity index (χ0v) is 30.1. The number of nitrogens with one attached hydrogen (secondary N) is 1. The van der Waals surface area contributed by atoms with Gasteiger partial charge in [-0.1, -0.05) is 0 Å². The monoisotopic (exact) mass is 798 g/mol. The first-order chi connectivity index (χ1) is 24.2. The standard InChI is InChI=1S/C24H45N6O18P3/c25-3-1-5-40-7-9-42-11-13-44-14-12-43-10-8-41-6-2-4-26-22-20-23(28-17-27-22)30(18-29-20)24(32)16-45-19(21(24)31)15-46-50(36,37)48-51(38,39)47-49(33,34)35/h17-19,21,31-32H,1-16,25H2,(H,36,37)(H,38,39)(H,26,27,28)(H2,33,34,35). The molecule has 0 saturated carbocycles. The molecule has 1 fully saturated rings. The Bertz CT molecular complexity index is 1470. The van der Waals surface area contributed by atoms with Gasteiger partial charge in [0.25, 0.3) is 0 Å². The lowest BCUT2D eigenvalue weighted by Gasteiger charge is -2.28. The fourth-order valence-corrected chi connectivity index (χ4v) is 7.35. The van der Waals surface area contributed by atoms with Crippen molar-refractivity contribution >= 4 is 40.4 Å². The molecule has 0 radical (unpaired) electrons. The molecule has 0 amide bonds. The van der Waals surface area contributed by atoms with Gasteiger partial charge in [0.2, 0.25) is 0 Å². The molecule has 1 aliphatic heterocycles. The van der Waals surface area contributed by atoms with Gasteiger partial charge >= 0.3 is 23.5 Å². The molecule has 0 spiro atoms. The van der Waals surface area contributed by atoms with Gasteiger partial charge in [0, 0.05) is 19.8 Å². The van der Waals surface area contributed by atoms with Crippen molar-refractivity contribution in [3.8, 4) is 0 Å². The molecule has 9 N–H and O–H groups in total. The Hall–Kier alpha value is -1.60. The second-order valence-corrected chi connectivity index (χ2v) is 15.0. The van der Waals surface area contributed by atoms with E-state index in [1.165, 1.54) is 12.7 Å². The predicted octanol–water partition coefficient (Wildman–Crippen LogP) is -1.19. The Morgan fingerprint density at radius 1 is 0.843 bits per heavy atom. The SMILES string of the molecule is NCCCOCCOCCOCCOCCOCCCNc1ncnc2c1ncn2C1(O)COC(COP(=O)(O)OP(=O)(O)OP(=O)(O)O)C1O. The number of imidazole rings is 1. The largest absolute Gasteiger partial charge is 0.490 e. The summed E-state index contributed by atoms with van der Waals surface area (Å²) < 4.78 is 79.8. The summed E-state index contributed by atoms with van der Waals surface area (Å²) in [7, 11) is -16.8. The van der Waals surface area contributed by atoms with Crippen LogP contribution in [0.25, 0.3) is 11.2 Å². The first kappa shape index (κ1) is 43.8. The first-order valence-electron chi connectivity index (χ1n) is 15.5. The zero-order valence-electron chi connectivity index (χ0n) is 27.4. The molecular weight excluding hydrogens is 753 g/mol. The molecular formula is C24H45N6O18P3. The van der Waals surface area contributed by atoms with Crippen LogP contribution < -0.4 is 11.1 Å². The third-order valence-electron chi connectivity index (χ3n) is 6.64. The minimum atomic E-state index is -5.75. The van der Waals surface area contributed by atoms with Crippen molar-refractivity contribution in [2.75, 3.05) is 97.7 Å². The first-order valence-corrected chi connectivity index (χ1v) is 20.0. The number of aromatic nitrogens is 4. The minimum Gasteiger partial charge on any atom is -0.385 e. The van der Waals surface area contributed by atoms with Gasteiger partial charge in [-0.25, -0.2) is 28.6 Å². The molecule has 1 aliphatic rings. The van der Waals surface area contributed by atoms with Crippen molar-refractivity contribution in [1.82, 2.24) is 19.5 Å². The van der Waals surface area contributed by atoms with Gasteiger partial charge in [-0.3, -0.25) is 9.09 Å². The van der Waals surface area contributed by atoms with Crippen LogP contribution in [0.3, 0.4) is 0 Å². The topological polar surface area (TPSA) is 337 Å². The number of anilines is 1. The van der Waals surface area contributed by atoms with E-state index >= 15 is 0 Å². The maximum Gasteiger partial charge on any atom is 0.490 e. The summed E-state index contributed by atoms with van der Waals surface area (Å²) in [6.07, 6.45) is 0.474. The third kappa shape index (κ3) is 15.3. The van der Waals surface area contributed by atoms with Crippen molar-refractivity contribution in [3.05, 3.63) is 12.7 Å². The van der Waals surface area contributed by atoms with E-state index in [0.717, 1.165) is 11.0 Å². The van der Waals surface area contributed by atoms with E-state index in [0.29, 0.717) is 91.4 Å². The van der Waals surface area contributed by atoms with Crippen LogP contribution in [-0.4, -0.2) is 154 Å². The van der Waals surface area contributed by atoms with Gasteiger partial charge in [0.05, 0.1) is 72.4 Å². The summed E-state index contributed by atoms with van der Waals surface area (Å²) in [6, 6.07) is 0. The molecule has 5 atom stereocenters. The van der Waals surface area contributed by atoms with Crippen LogP contribution in [0, 0.1) is 0 Å². The number of rotatable bonds is 28. The van der Waals surface area contributed by atoms with Crippen LogP contribution >= 0.6 is 23.5 Å². The smallest absolute Gasteiger partial charge is 0.385 e. The van der Waals surface area contributed by atoms with Crippen LogP contribution in [0.15, 0.2) is 12.7 Å². The molecule has 3 heterocycles. The van der Waals surface area contributed by atoms with Crippen molar-refractivity contribution in [1.29, 1.82) is 0 Å². The lowest BCUT2D eigenvalue weighted by Crippen LogP contribution is -2.47. The molecule has 0 aromatic carbocycles. The second-order valence-electron chi connectivity index (χ2n) is 10.6. The average Bonchev–Trinajstić information content (AvgIpc) is 3.61. The lowest BCUT2D eigenvalue weighted by molar-refractivity contribution is -0.109. The molecule has 2 aromatic heterocycles. The van der Waals surface area contributed by atoms with Gasteiger partial charge in [-0.2, -0.15) is 8.62 Å². The number of hydrogen-bond donors (Lipinski definition) is 8. The van der Waals surface area contributed by atoms with Crippen LogP contribution in [0.5, 0.6) is 0 Å². The number of nitrogens with zero attached hydrogens (tertiary/aromatic N) is 4. The van der Waals surface area contributed by atoms with E-state index in [9.17, 15) is 33.7 Å². The number of hydrogen-bond acceptors (Lipinski definition) is 19. The van der Waals surface area contributed by atoms with E-state index in [-0.39, 0.29) is 11.2 Å². The van der Waals surface area contributed by atoms with E-state index in [2.05, 4.69) is 33.4 Å². The fourth-order valence-electron chi connectivity index (χ4n) is 4.32. The lowest BCUT2D eigenvalue weighted by atomic mass is 10.1. The summed E-state index contributed by atoms with van der Waals surface area (Å²) in [5, 5.41) is 25.2. The highest BCUT2D eigenvalue weighted by molar-refractivity contribution is 7.66. The molecule has 24 nitrogen and oxygen atoms in total. The van der Waals surface area contributed by atoms with Gasteiger partial charge in [0.15, 0.2) is 22.7 Å². The molecule has 1 saturated heterocycles. The molecule has 5 unspecified atom stereocenters. The molecule has 51 heavy (non-hydrogen) atoms. The highest BCUT2D eigenvalue weighted by Crippen LogP contribution is 2.66. The summed E-state index contributed by atoms with van der Waals surface area (Å²) in [6.45, 7) is 4.14. The number of ether oxygens (including phenoxy) is 6. The predicted molar refractivity (Wildman–Crippen MR) is 172 cm³/mol. The highest BCUT2D eigenvalue weighted by Gasteiger charge is 2.51. The number of fused-ring (bicyclic) bond motifs is 1.